The Morgan fingerprint density at radius 3 is 0.710 bits per heavy atom. The summed E-state index contributed by atoms with van der Waals surface area (Å²) in [5, 5.41) is 0. The van der Waals surface area contributed by atoms with E-state index < -0.39 is 6.10 Å². The molecule has 0 aromatic carbocycles. The van der Waals surface area contributed by atoms with E-state index in [0.29, 0.717) is 19.3 Å². The summed E-state index contributed by atoms with van der Waals surface area (Å²) in [5.41, 5.74) is 0. The Morgan fingerprint density at radius 1 is 0.275 bits per heavy atom. The van der Waals surface area contributed by atoms with Gasteiger partial charge in [0.15, 0.2) is 6.10 Å². The van der Waals surface area contributed by atoms with Crippen molar-refractivity contribution in [2.75, 3.05) is 13.2 Å². The van der Waals surface area contributed by atoms with Gasteiger partial charge in [-0.25, -0.2) is 0 Å². The van der Waals surface area contributed by atoms with Crippen LogP contribution >= 0.6 is 0 Å². The second-order valence-electron chi connectivity index (χ2n) is 22.2. The quantitative estimate of drug-likeness (QED) is 0.0343. The molecule has 1 atom stereocenters. The maximum absolute atomic E-state index is 12.9. The third-order valence-corrected chi connectivity index (χ3v) is 14.5. The van der Waals surface area contributed by atoms with Crippen LogP contribution in [-0.4, -0.2) is 37.2 Å². The van der Waals surface area contributed by atoms with E-state index in [2.05, 4.69) is 27.7 Å². The fourth-order valence-corrected chi connectivity index (χ4v) is 9.81. The molecule has 0 aromatic heterocycles. The number of esters is 3. The molecule has 0 aliphatic heterocycles. The lowest BCUT2D eigenvalue weighted by atomic mass is 10.0. The molecule has 69 heavy (non-hydrogen) atoms. The van der Waals surface area contributed by atoms with Gasteiger partial charge >= 0.3 is 17.9 Å². The Bertz CT molecular complexity index is 1040. The topological polar surface area (TPSA) is 78.9 Å². The van der Waals surface area contributed by atoms with Crippen molar-refractivity contribution >= 4 is 17.9 Å². The van der Waals surface area contributed by atoms with Crippen LogP contribution in [0.3, 0.4) is 0 Å². The van der Waals surface area contributed by atoms with E-state index >= 15 is 0 Å². The van der Waals surface area contributed by atoms with Gasteiger partial charge in [-0.3, -0.25) is 14.4 Å². The summed E-state index contributed by atoms with van der Waals surface area (Å²) in [6.45, 7) is 9.09. The lowest BCUT2D eigenvalue weighted by Gasteiger charge is -2.18. The minimum Gasteiger partial charge on any atom is -0.462 e. The van der Waals surface area contributed by atoms with Crippen molar-refractivity contribution < 1.29 is 28.6 Å². The molecule has 0 N–H and O–H groups in total. The fraction of sp³-hybridized carbons (Fsp3) is 0.952. The van der Waals surface area contributed by atoms with Crippen molar-refractivity contribution in [2.45, 2.75) is 368 Å². The molecule has 0 saturated heterocycles. The molecule has 0 radical (unpaired) electrons. The van der Waals surface area contributed by atoms with Gasteiger partial charge in [0.1, 0.15) is 13.2 Å². The molecule has 0 rings (SSSR count). The molecule has 0 aliphatic rings. The molecule has 0 aliphatic carbocycles. The minimum absolute atomic E-state index is 0.0612. The Hall–Kier alpha value is -1.59. The highest BCUT2D eigenvalue weighted by Crippen LogP contribution is 2.19. The zero-order valence-corrected chi connectivity index (χ0v) is 47.3. The summed E-state index contributed by atoms with van der Waals surface area (Å²) in [6.07, 6.45) is 63.9. The molecule has 410 valence electrons. The van der Waals surface area contributed by atoms with Crippen molar-refractivity contribution in [3.8, 4) is 0 Å². The molecular formula is C63H122O6. The monoisotopic (exact) mass is 975 g/mol. The predicted molar refractivity (Wildman–Crippen MR) is 298 cm³/mol. The van der Waals surface area contributed by atoms with E-state index in [0.717, 1.165) is 63.7 Å². The Labute approximate surface area is 431 Å². The number of hydrogen-bond donors (Lipinski definition) is 0. The molecule has 0 saturated carbocycles. The Morgan fingerprint density at radius 2 is 0.478 bits per heavy atom. The van der Waals surface area contributed by atoms with Crippen molar-refractivity contribution in [3.63, 3.8) is 0 Å². The van der Waals surface area contributed by atoms with Gasteiger partial charge in [-0.05, 0) is 25.2 Å². The van der Waals surface area contributed by atoms with Crippen molar-refractivity contribution in [2.24, 2.45) is 5.92 Å². The number of carbonyl (C=O) groups is 3. The maximum Gasteiger partial charge on any atom is 0.306 e. The van der Waals surface area contributed by atoms with Gasteiger partial charge in [0.2, 0.25) is 0 Å². The van der Waals surface area contributed by atoms with Gasteiger partial charge in [-0.1, -0.05) is 323 Å². The van der Waals surface area contributed by atoms with E-state index in [4.69, 9.17) is 14.2 Å². The molecule has 0 aromatic rings. The second-order valence-corrected chi connectivity index (χ2v) is 22.2. The van der Waals surface area contributed by atoms with Crippen LogP contribution in [-0.2, 0) is 28.6 Å². The molecule has 0 bridgehead atoms. The minimum atomic E-state index is -0.762. The summed E-state index contributed by atoms with van der Waals surface area (Å²) in [4.78, 5) is 38.3. The maximum atomic E-state index is 12.9. The summed E-state index contributed by atoms with van der Waals surface area (Å²) in [7, 11) is 0. The lowest BCUT2D eigenvalue weighted by molar-refractivity contribution is -0.167. The average Bonchev–Trinajstić information content (AvgIpc) is 3.34. The highest BCUT2D eigenvalue weighted by molar-refractivity contribution is 5.71. The number of hydrogen-bond acceptors (Lipinski definition) is 6. The molecule has 6 heteroatoms. The SMILES string of the molecule is CCCCCCCCCCCCCCCCCCCCC(=O)OC[C@@H](COC(=O)CCCCCCCCCCCCCCCCCCC(C)C)OC(=O)CCCCCCCCCCCCCCCC. The first-order valence-corrected chi connectivity index (χ1v) is 31.4. The van der Waals surface area contributed by atoms with Crippen LogP contribution in [0, 0.1) is 5.92 Å². The standard InChI is InChI=1S/C63H122O6/c1-5-7-9-11-13-15-17-19-21-22-23-27-31-34-38-42-46-50-54-61(64)67-57-60(69-63(66)56-52-48-44-40-36-30-20-18-16-14-12-10-8-6-2)58-68-62(65)55-51-47-43-39-35-32-28-25-24-26-29-33-37-41-45-49-53-59(3)4/h59-60H,5-58H2,1-4H3/t60-/m0/s1. The molecule has 0 fully saturated rings. The molecular weight excluding hydrogens is 853 g/mol. The van der Waals surface area contributed by atoms with Crippen LogP contribution in [0.2, 0.25) is 0 Å². The van der Waals surface area contributed by atoms with Gasteiger partial charge in [0, 0.05) is 19.3 Å². The van der Waals surface area contributed by atoms with Crippen LogP contribution in [0.4, 0.5) is 0 Å². The normalized spacial score (nSPS) is 12.0. The molecule has 0 heterocycles. The predicted octanol–water partition coefficient (Wildman–Crippen LogP) is 21.0. The Balaban J connectivity index is 4.26. The van der Waals surface area contributed by atoms with E-state index in [1.54, 1.807) is 0 Å². The molecule has 0 unspecified atom stereocenters. The number of carbonyl (C=O) groups excluding carboxylic acids is 3. The first-order valence-electron chi connectivity index (χ1n) is 31.4. The first-order chi connectivity index (χ1) is 33.9. The zero-order chi connectivity index (χ0) is 50.2. The van der Waals surface area contributed by atoms with Gasteiger partial charge in [-0.2, -0.15) is 0 Å². The number of ether oxygens (including phenoxy) is 3. The summed E-state index contributed by atoms with van der Waals surface area (Å²) >= 11 is 0. The van der Waals surface area contributed by atoms with Crippen molar-refractivity contribution in [1.29, 1.82) is 0 Å². The highest BCUT2D eigenvalue weighted by atomic mass is 16.6. The van der Waals surface area contributed by atoms with E-state index in [1.165, 1.54) is 257 Å². The summed E-state index contributed by atoms with van der Waals surface area (Å²) in [5.74, 6) is 0.0243. The van der Waals surface area contributed by atoms with E-state index in [1.807, 2.05) is 0 Å². The van der Waals surface area contributed by atoms with Crippen molar-refractivity contribution in [3.05, 3.63) is 0 Å². The highest BCUT2D eigenvalue weighted by Gasteiger charge is 2.19. The lowest BCUT2D eigenvalue weighted by Crippen LogP contribution is -2.30. The zero-order valence-electron chi connectivity index (χ0n) is 47.3. The van der Waals surface area contributed by atoms with Gasteiger partial charge in [0.05, 0.1) is 0 Å². The molecule has 0 spiro atoms. The fourth-order valence-electron chi connectivity index (χ4n) is 9.81. The number of unbranched alkanes of at least 4 members (excludes halogenated alkanes) is 45. The smallest absolute Gasteiger partial charge is 0.306 e. The molecule has 6 nitrogen and oxygen atoms in total. The van der Waals surface area contributed by atoms with Gasteiger partial charge in [-0.15, -0.1) is 0 Å². The van der Waals surface area contributed by atoms with Gasteiger partial charge < -0.3 is 14.2 Å². The number of rotatable bonds is 58. The van der Waals surface area contributed by atoms with E-state index in [-0.39, 0.29) is 31.1 Å². The first kappa shape index (κ1) is 67.4. The van der Waals surface area contributed by atoms with Crippen LogP contribution < -0.4 is 0 Å². The van der Waals surface area contributed by atoms with Crippen LogP contribution in [0.25, 0.3) is 0 Å². The summed E-state index contributed by atoms with van der Waals surface area (Å²) < 4.78 is 16.9. The third-order valence-electron chi connectivity index (χ3n) is 14.5. The van der Waals surface area contributed by atoms with Crippen LogP contribution in [0.15, 0.2) is 0 Å². The largest absolute Gasteiger partial charge is 0.462 e. The third kappa shape index (κ3) is 57.2. The summed E-state index contributed by atoms with van der Waals surface area (Å²) in [6, 6.07) is 0. The molecule has 0 amide bonds. The Kier molecular flexibility index (Phi) is 56.0. The van der Waals surface area contributed by atoms with Gasteiger partial charge in [0.25, 0.3) is 0 Å². The van der Waals surface area contributed by atoms with E-state index in [9.17, 15) is 14.4 Å². The van der Waals surface area contributed by atoms with Crippen LogP contribution in [0.5, 0.6) is 0 Å². The average molecular weight is 976 g/mol. The van der Waals surface area contributed by atoms with Crippen molar-refractivity contribution in [1.82, 2.24) is 0 Å². The van der Waals surface area contributed by atoms with Crippen LogP contribution in [0.1, 0.15) is 362 Å². The second kappa shape index (κ2) is 57.3.